The third kappa shape index (κ3) is 4.15. The predicted octanol–water partition coefficient (Wildman–Crippen LogP) is 2.82. The van der Waals surface area contributed by atoms with Gasteiger partial charge >= 0.3 is 0 Å². The van der Waals surface area contributed by atoms with E-state index in [1.54, 1.807) is 6.33 Å². The normalized spacial score (nSPS) is 12.6. The number of halogens is 1. The van der Waals surface area contributed by atoms with E-state index >= 15 is 0 Å². The molecule has 1 aromatic heterocycles. The second-order valence-electron chi connectivity index (χ2n) is 4.92. The minimum atomic E-state index is 0.365. The van der Waals surface area contributed by atoms with Crippen LogP contribution in [0.1, 0.15) is 24.7 Å². The second kappa shape index (κ2) is 7.55. The summed E-state index contributed by atoms with van der Waals surface area (Å²) in [5, 5.41) is 7.67. The van der Waals surface area contributed by atoms with Gasteiger partial charge in [0.05, 0.1) is 0 Å². The third-order valence-electron chi connectivity index (χ3n) is 3.34. The molecule has 1 aromatic carbocycles. The van der Waals surface area contributed by atoms with Crippen LogP contribution >= 0.6 is 15.9 Å². The van der Waals surface area contributed by atoms with Crippen LogP contribution in [0.3, 0.4) is 0 Å². The Morgan fingerprint density at radius 3 is 2.90 bits per heavy atom. The summed E-state index contributed by atoms with van der Waals surface area (Å²) < 4.78 is 3.13. The highest BCUT2D eigenvalue weighted by Gasteiger charge is 2.13. The van der Waals surface area contributed by atoms with Crippen molar-refractivity contribution in [1.82, 2.24) is 20.1 Å². The molecule has 0 spiro atoms. The number of benzene rings is 1. The molecule has 0 aliphatic carbocycles. The zero-order chi connectivity index (χ0) is 14.4. The van der Waals surface area contributed by atoms with Crippen molar-refractivity contribution in [2.75, 3.05) is 7.05 Å². The van der Waals surface area contributed by atoms with Gasteiger partial charge in [-0.15, -0.1) is 0 Å². The lowest BCUT2D eigenvalue weighted by Crippen LogP contribution is -2.31. The van der Waals surface area contributed by atoms with Crippen molar-refractivity contribution in [2.24, 2.45) is 0 Å². The van der Waals surface area contributed by atoms with Crippen molar-refractivity contribution in [3.05, 3.63) is 46.5 Å². The van der Waals surface area contributed by atoms with Crippen molar-refractivity contribution in [2.45, 2.75) is 38.8 Å². The van der Waals surface area contributed by atoms with Gasteiger partial charge in [-0.3, -0.25) is 4.68 Å². The maximum Gasteiger partial charge on any atom is 0.138 e. The van der Waals surface area contributed by atoms with E-state index in [2.05, 4.69) is 62.5 Å². The van der Waals surface area contributed by atoms with Crippen molar-refractivity contribution in [1.29, 1.82) is 0 Å². The number of aromatic nitrogens is 3. The molecule has 0 aliphatic heterocycles. The van der Waals surface area contributed by atoms with E-state index in [0.29, 0.717) is 6.04 Å². The SMILES string of the molecule is CCCn1ncnc1CC(Cc1cccc(Br)c1)NC. The zero-order valence-electron chi connectivity index (χ0n) is 12.0. The topological polar surface area (TPSA) is 42.7 Å². The lowest BCUT2D eigenvalue weighted by molar-refractivity contribution is 0.501. The van der Waals surface area contributed by atoms with Crippen LogP contribution in [0.2, 0.25) is 0 Å². The van der Waals surface area contributed by atoms with Gasteiger partial charge in [-0.1, -0.05) is 35.0 Å². The van der Waals surface area contributed by atoms with E-state index < -0.39 is 0 Å². The monoisotopic (exact) mass is 336 g/mol. The number of nitrogens with zero attached hydrogens (tertiary/aromatic N) is 3. The van der Waals surface area contributed by atoms with E-state index in [4.69, 9.17) is 0 Å². The van der Waals surface area contributed by atoms with Crippen LogP contribution in [0.5, 0.6) is 0 Å². The fourth-order valence-corrected chi connectivity index (χ4v) is 2.74. The van der Waals surface area contributed by atoms with Gasteiger partial charge in [-0.25, -0.2) is 4.98 Å². The second-order valence-corrected chi connectivity index (χ2v) is 5.84. The van der Waals surface area contributed by atoms with E-state index in [1.165, 1.54) is 5.56 Å². The van der Waals surface area contributed by atoms with Crippen LogP contribution in [0.25, 0.3) is 0 Å². The lowest BCUT2D eigenvalue weighted by atomic mass is 10.0. The molecule has 5 heteroatoms. The zero-order valence-corrected chi connectivity index (χ0v) is 13.6. The minimum absolute atomic E-state index is 0.365. The maximum absolute atomic E-state index is 4.38. The third-order valence-corrected chi connectivity index (χ3v) is 3.83. The Balaban J connectivity index is 2.03. The molecule has 0 amide bonds. The molecule has 4 nitrogen and oxygen atoms in total. The predicted molar refractivity (Wildman–Crippen MR) is 84.7 cm³/mol. The van der Waals surface area contributed by atoms with Crippen molar-refractivity contribution >= 4 is 15.9 Å². The summed E-state index contributed by atoms with van der Waals surface area (Å²) in [6.45, 7) is 3.09. The molecule has 2 rings (SSSR count). The van der Waals surface area contributed by atoms with E-state index in [0.717, 1.165) is 36.1 Å². The van der Waals surface area contributed by atoms with Crippen molar-refractivity contribution < 1.29 is 0 Å². The molecule has 0 aliphatic rings. The molecule has 0 saturated heterocycles. The Morgan fingerprint density at radius 1 is 1.35 bits per heavy atom. The highest BCUT2D eigenvalue weighted by atomic mass is 79.9. The summed E-state index contributed by atoms with van der Waals surface area (Å²) in [6.07, 6.45) is 4.60. The summed E-state index contributed by atoms with van der Waals surface area (Å²) in [7, 11) is 2.00. The van der Waals surface area contributed by atoms with Crippen LogP contribution in [0, 0.1) is 0 Å². The van der Waals surface area contributed by atoms with E-state index in [1.807, 2.05) is 11.7 Å². The lowest BCUT2D eigenvalue weighted by Gasteiger charge is -2.16. The first-order valence-corrected chi connectivity index (χ1v) is 7.80. The highest BCUT2D eigenvalue weighted by molar-refractivity contribution is 9.10. The van der Waals surface area contributed by atoms with Crippen LogP contribution in [0.4, 0.5) is 0 Å². The van der Waals surface area contributed by atoms with Gasteiger partial charge in [0.15, 0.2) is 0 Å². The number of hydrogen-bond acceptors (Lipinski definition) is 3. The van der Waals surface area contributed by atoms with Gasteiger partial charge in [0.2, 0.25) is 0 Å². The molecule has 20 heavy (non-hydrogen) atoms. The van der Waals surface area contributed by atoms with Gasteiger partial charge in [0, 0.05) is 23.5 Å². The molecule has 1 unspecified atom stereocenters. The van der Waals surface area contributed by atoms with E-state index in [9.17, 15) is 0 Å². The fourth-order valence-electron chi connectivity index (χ4n) is 2.29. The van der Waals surface area contributed by atoms with Crippen LogP contribution in [-0.4, -0.2) is 27.9 Å². The number of rotatable bonds is 7. The standard InChI is InChI=1S/C15H21BrN4/c1-3-7-20-15(18-11-19-20)10-14(17-2)9-12-5-4-6-13(16)8-12/h4-6,8,11,14,17H,3,7,9-10H2,1-2H3. The molecule has 0 radical (unpaired) electrons. The Morgan fingerprint density at radius 2 is 2.20 bits per heavy atom. The van der Waals surface area contributed by atoms with Crippen molar-refractivity contribution in [3.8, 4) is 0 Å². The van der Waals surface area contributed by atoms with E-state index in [-0.39, 0.29) is 0 Å². The minimum Gasteiger partial charge on any atom is -0.316 e. The van der Waals surface area contributed by atoms with Crippen LogP contribution in [-0.2, 0) is 19.4 Å². The first-order valence-electron chi connectivity index (χ1n) is 7.01. The molecule has 1 heterocycles. The van der Waals surface area contributed by atoms with Gasteiger partial charge in [0.1, 0.15) is 12.2 Å². The van der Waals surface area contributed by atoms with Gasteiger partial charge in [-0.05, 0) is 37.6 Å². The first kappa shape index (κ1) is 15.2. The summed E-state index contributed by atoms with van der Waals surface area (Å²) in [4.78, 5) is 4.38. The molecular formula is C15H21BrN4. The van der Waals surface area contributed by atoms with Gasteiger partial charge < -0.3 is 5.32 Å². The van der Waals surface area contributed by atoms with Gasteiger partial charge in [-0.2, -0.15) is 5.10 Å². The highest BCUT2D eigenvalue weighted by Crippen LogP contribution is 2.14. The molecule has 0 bridgehead atoms. The summed E-state index contributed by atoms with van der Waals surface area (Å²) >= 11 is 3.52. The molecule has 0 fully saturated rings. The Bertz CT molecular complexity index is 538. The largest absolute Gasteiger partial charge is 0.316 e. The number of likely N-dealkylation sites (N-methyl/N-ethyl adjacent to an activating group) is 1. The summed E-state index contributed by atoms with van der Waals surface area (Å²) in [5.74, 6) is 1.06. The average Bonchev–Trinajstić information content (AvgIpc) is 2.86. The molecular weight excluding hydrogens is 316 g/mol. The summed E-state index contributed by atoms with van der Waals surface area (Å²) in [6, 6.07) is 8.82. The quantitative estimate of drug-likeness (QED) is 0.845. The van der Waals surface area contributed by atoms with Crippen LogP contribution < -0.4 is 5.32 Å². The maximum atomic E-state index is 4.38. The average molecular weight is 337 g/mol. The fraction of sp³-hybridized carbons (Fsp3) is 0.467. The first-order chi connectivity index (χ1) is 9.72. The Kier molecular flexibility index (Phi) is 5.73. The molecule has 2 aromatic rings. The molecule has 0 saturated carbocycles. The van der Waals surface area contributed by atoms with Gasteiger partial charge in [0.25, 0.3) is 0 Å². The number of nitrogens with one attached hydrogen (secondary N) is 1. The van der Waals surface area contributed by atoms with Crippen LogP contribution in [0.15, 0.2) is 35.1 Å². The number of hydrogen-bond donors (Lipinski definition) is 1. The smallest absolute Gasteiger partial charge is 0.138 e. The molecule has 1 N–H and O–H groups in total. The molecule has 108 valence electrons. The Labute approximate surface area is 128 Å². The van der Waals surface area contributed by atoms with Crippen molar-refractivity contribution in [3.63, 3.8) is 0 Å². The molecule has 1 atom stereocenters. The number of aryl methyl sites for hydroxylation is 1. The Hall–Kier alpha value is -1.20. The summed E-state index contributed by atoms with van der Waals surface area (Å²) in [5.41, 5.74) is 1.32.